The smallest absolute Gasteiger partial charge is 0.175 e. The number of carbonyl (C=O) groups is 1. The number of anilines is 1. The van der Waals surface area contributed by atoms with Crippen LogP contribution < -0.4 is 14.4 Å². The highest BCUT2D eigenvalue weighted by molar-refractivity contribution is 6.32. The molecule has 4 rings (SSSR count). The number of piperazine rings is 1. The van der Waals surface area contributed by atoms with E-state index in [4.69, 9.17) is 21.1 Å². The van der Waals surface area contributed by atoms with E-state index >= 15 is 0 Å². The van der Waals surface area contributed by atoms with Gasteiger partial charge in [-0.2, -0.15) is 0 Å². The minimum Gasteiger partial charge on any atom is -0.495 e. The second-order valence-electron chi connectivity index (χ2n) is 11.0. The van der Waals surface area contributed by atoms with Crippen LogP contribution in [-0.4, -0.2) is 50.1 Å². The molecule has 2 atom stereocenters. The van der Waals surface area contributed by atoms with E-state index in [0.717, 1.165) is 36.7 Å². The van der Waals surface area contributed by atoms with Gasteiger partial charge in [-0.3, -0.25) is 9.69 Å². The Kier molecular flexibility index (Phi) is 7.68. The van der Waals surface area contributed by atoms with Crippen molar-refractivity contribution in [3.05, 3.63) is 52.0 Å². The third kappa shape index (κ3) is 5.46. The van der Waals surface area contributed by atoms with E-state index in [9.17, 15) is 4.79 Å². The number of methoxy groups -OCH3 is 1. The Bertz CT molecular complexity index is 1080. The van der Waals surface area contributed by atoms with Crippen LogP contribution in [0.15, 0.2) is 30.3 Å². The molecular formula is C29H39ClN2O3. The summed E-state index contributed by atoms with van der Waals surface area (Å²) < 4.78 is 11.4. The minimum atomic E-state index is -0.390. The molecule has 0 radical (unpaired) electrons. The molecule has 2 aliphatic rings. The van der Waals surface area contributed by atoms with Crippen molar-refractivity contribution in [2.24, 2.45) is 5.41 Å². The zero-order chi connectivity index (χ0) is 25.3. The van der Waals surface area contributed by atoms with Gasteiger partial charge < -0.3 is 14.4 Å². The molecule has 0 aliphatic carbocycles. The van der Waals surface area contributed by atoms with Crippen LogP contribution in [0, 0.1) is 19.3 Å². The highest BCUT2D eigenvalue weighted by atomic mass is 35.5. The number of fused-ring (bicyclic) bond motifs is 1. The molecule has 2 saturated heterocycles. The first-order chi connectivity index (χ1) is 16.6. The number of benzene rings is 2. The first-order valence-electron chi connectivity index (χ1n) is 12.7. The fourth-order valence-corrected chi connectivity index (χ4v) is 5.55. The van der Waals surface area contributed by atoms with Crippen molar-refractivity contribution in [2.75, 3.05) is 38.3 Å². The second kappa shape index (κ2) is 10.4. The normalized spacial score (nSPS) is 20.9. The SMILES string of the molecule is COc1cc(N2CCN3[C@@H](CCC[C@@H]3c3ccc(OCC(=O)C(C)(C)C)c(C)c3C)C2)ccc1Cl. The molecule has 2 fully saturated rings. The summed E-state index contributed by atoms with van der Waals surface area (Å²) in [5.74, 6) is 1.66. The van der Waals surface area contributed by atoms with Crippen molar-refractivity contribution in [3.63, 3.8) is 0 Å². The summed E-state index contributed by atoms with van der Waals surface area (Å²) in [4.78, 5) is 17.5. The molecule has 6 heteroatoms. The van der Waals surface area contributed by atoms with Crippen molar-refractivity contribution in [1.82, 2.24) is 4.90 Å². The standard InChI is InChI=1S/C29H39ClN2O3/c1-19-20(2)26(35-18-28(33)29(3,4)5)13-11-23(19)25-9-7-8-22-17-31(14-15-32(22)25)21-10-12-24(30)27(16-21)34-6/h10-13,16,22,25H,7-9,14-15,17-18H2,1-6H3/t22-,25+/m0/s1. The summed E-state index contributed by atoms with van der Waals surface area (Å²) in [7, 11) is 1.66. The van der Waals surface area contributed by atoms with Crippen LogP contribution in [0.2, 0.25) is 5.02 Å². The fourth-order valence-electron chi connectivity index (χ4n) is 5.36. The molecular weight excluding hydrogens is 460 g/mol. The zero-order valence-electron chi connectivity index (χ0n) is 22.0. The van der Waals surface area contributed by atoms with Crippen LogP contribution in [0.3, 0.4) is 0 Å². The first-order valence-corrected chi connectivity index (χ1v) is 13.1. The topological polar surface area (TPSA) is 42.0 Å². The van der Waals surface area contributed by atoms with E-state index in [2.05, 4.69) is 47.9 Å². The van der Waals surface area contributed by atoms with Crippen LogP contribution in [-0.2, 0) is 4.79 Å². The van der Waals surface area contributed by atoms with Gasteiger partial charge in [-0.25, -0.2) is 0 Å². The summed E-state index contributed by atoms with van der Waals surface area (Å²) in [5.41, 5.74) is 4.59. The Balaban J connectivity index is 1.49. The lowest BCUT2D eigenvalue weighted by Crippen LogP contribution is -2.56. The Morgan fingerprint density at radius 3 is 2.54 bits per heavy atom. The predicted octanol–water partition coefficient (Wildman–Crippen LogP) is 6.38. The molecule has 5 nitrogen and oxygen atoms in total. The lowest BCUT2D eigenvalue weighted by Gasteiger charge is -2.49. The van der Waals surface area contributed by atoms with E-state index in [1.165, 1.54) is 36.1 Å². The highest BCUT2D eigenvalue weighted by Crippen LogP contribution is 2.40. The van der Waals surface area contributed by atoms with E-state index < -0.39 is 0 Å². The Hall–Kier alpha value is -2.24. The molecule has 2 aromatic carbocycles. The third-order valence-electron chi connectivity index (χ3n) is 7.78. The van der Waals surface area contributed by atoms with Gasteiger partial charge in [-0.1, -0.05) is 38.4 Å². The van der Waals surface area contributed by atoms with Crippen molar-refractivity contribution in [2.45, 2.75) is 66.0 Å². The monoisotopic (exact) mass is 498 g/mol. The highest BCUT2D eigenvalue weighted by Gasteiger charge is 2.36. The van der Waals surface area contributed by atoms with Gasteiger partial charge in [0.05, 0.1) is 12.1 Å². The fraction of sp³-hybridized carbons (Fsp3) is 0.552. The molecule has 0 amide bonds. The summed E-state index contributed by atoms with van der Waals surface area (Å²) >= 11 is 6.25. The molecule has 0 bridgehead atoms. The molecule has 2 aliphatic heterocycles. The first kappa shape index (κ1) is 25.8. The number of ether oxygens (including phenoxy) is 2. The quantitative estimate of drug-likeness (QED) is 0.462. The van der Waals surface area contributed by atoms with Gasteiger partial charge >= 0.3 is 0 Å². The van der Waals surface area contributed by atoms with Crippen LogP contribution in [0.5, 0.6) is 11.5 Å². The van der Waals surface area contributed by atoms with Gasteiger partial charge in [0.25, 0.3) is 0 Å². The molecule has 0 aromatic heterocycles. The molecule has 190 valence electrons. The van der Waals surface area contributed by atoms with Gasteiger partial charge in [0.15, 0.2) is 5.78 Å². The molecule has 35 heavy (non-hydrogen) atoms. The van der Waals surface area contributed by atoms with Crippen LogP contribution >= 0.6 is 11.6 Å². The second-order valence-corrected chi connectivity index (χ2v) is 11.4. The van der Waals surface area contributed by atoms with Gasteiger partial charge in [0.2, 0.25) is 0 Å². The molecule has 0 spiro atoms. The largest absolute Gasteiger partial charge is 0.495 e. The zero-order valence-corrected chi connectivity index (χ0v) is 22.7. The Morgan fingerprint density at radius 1 is 1.06 bits per heavy atom. The van der Waals surface area contributed by atoms with Crippen LogP contribution in [0.25, 0.3) is 0 Å². The van der Waals surface area contributed by atoms with Gasteiger partial charge in [-0.15, -0.1) is 0 Å². The summed E-state index contributed by atoms with van der Waals surface area (Å²) in [6.07, 6.45) is 3.61. The van der Waals surface area contributed by atoms with Gasteiger partial charge in [-0.05, 0) is 68.0 Å². The third-order valence-corrected chi connectivity index (χ3v) is 8.09. The molecule has 2 aromatic rings. The number of rotatable bonds is 6. The summed E-state index contributed by atoms with van der Waals surface area (Å²) in [5, 5.41) is 0.647. The number of carbonyl (C=O) groups excluding carboxylic acids is 1. The molecule has 0 N–H and O–H groups in total. The van der Waals surface area contributed by atoms with E-state index in [0.29, 0.717) is 17.1 Å². The predicted molar refractivity (Wildman–Crippen MR) is 143 cm³/mol. The number of halogens is 1. The number of hydrogen-bond acceptors (Lipinski definition) is 5. The number of piperidine rings is 1. The number of ketones is 1. The van der Waals surface area contributed by atoms with E-state index in [1.54, 1.807) is 7.11 Å². The Morgan fingerprint density at radius 2 is 1.83 bits per heavy atom. The maximum absolute atomic E-state index is 12.3. The maximum atomic E-state index is 12.3. The van der Waals surface area contributed by atoms with Crippen molar-refractivity contribution >= 4 is 23.1 Å². The lowest BCUT2D eigenvalue weighted by molar-refractivity contribution is -0.128. The van der Waals surface area contributed by atoms with Crippen molar-refractivity contribution in [3.8, 4) is 11.5 Å². The van der Waals surface area contributed by atoms with E-state index in [1.807, 2.05) is 26.8 Å². The summed E-state index contributed by atoms with van der Waals surface area (Å²) in [6, 6.07) is 11.3. The van der Waals surface area contributed by atoms with Crippen LogP contribution in [0.1, 0.15) is 62.8 Å². The van der Waals surface area contributed by atoms with E-state index in [-0.39, 0.29) is 17.8 Å². The van der Waals surface area contributed by atoms with Crippen LogP contribution in [0.4, 0.5) is 5.69 Å². The molecule has 2 heterocycles. The van der Waals surface area contributed by atoms with Gasteiger partial charge in [0, 0.05) is 48.9 Å². The maximum Gasteiger partial charge on any atom is 0.175 e. The number of nitrogens with zero attached hydrogens (tertiary/aromatic N) is 2. The minimum absolute atomic E-state index is 0.116. The van der Waals surface area contributed by atoms with Crippen molar-refractivity contribution in [1.29, 1.82) is 0 Å². The average Bonchev–Trinajstić information content (AvgIpc) is 2.84. The lowest BCUT2D eigenvalue weighted by atomic mass is 9.86. The number of Topliss-reactive ketones (excluding diaryl/α,β-unsaturated/α-hetero) is 1. The van der Waals surface area contributed by atoms with Crippen molar-refractivity contribution < 1.29 is 14.3 Å². The average molecular weight is 499 g/mol. The van der Waals surface area contributed by atoms with Gasteiger partial charge in [0.1, 0.15) is 18.1 Å². The number of hydrogen-bond donors (Lipinski definition) is 0. The molecule has 0 unspecified atom stereocenters. The molecule has 0 saturated carbocycles. The Labute approximate surface area is 215 Å². The summed E-state index contributed by atoms with van der Waals surface area (Å²) in [6.45, 7) is 13.2.